The van der Waals surface area contributed by atoms with E-state index >= 15 is 0 Å². The quantitative estimate of drug-likeness (QED) is 0.166. The van der Waals surface area contributed by atoms with Crippen molar-refractivity contribution in [1.82, 2.24) is 5.32 Å². The van der Waals surface area contributed by atoms with Gasteiger partial charge in [0.25, 0.3) is 5.69 Å². The molecule has 0 aliphatic carbocycles. The lowest BCUT2D eigenvalue weighted by molar-refractivity contribution is -0.572. The minimum Gasteiger partial charge on any atom is -0.460 e. The SMILES string of the molecule is COCCOC(=O)C1=C(C)NC(C)=C(C(=O)OCC(O)[N+](=O)[O-])C1c1cccc([N+](=O)[O-])c1. The first-order valence-electron chi connectivity index (χ1n) is 9.66. The third-order valence-electron chi connectivity index (χ3n) is 4.74. The summed E-state index contributed by atoms with van der Waals surface area (Å²) < 4.78 is 15.0. The van der Waals surface area contributed by atoms with Crippen LogP contribution in [0, 0.1) is 20.2 Å². The number of carbonyl (C=O) groups excluding carboxylic acids is 2. The fourth-order valence-corrected chi connectivity index (χ4v) is 3.27. The molecule has 13 heteroatoms. The number of non-ortho nitro benzene ring substituents is 1. The van der Waals surface area contributed by atoms with E-state index in [2.05, 4.69) is 5.32 Å². The van der Waals surface area contributed by atoms with Crippen LogP contribution in [0.4, 0.5) is 5.69 Å². The van der Waals surface area contributed by atoms with Gasteiger partial charge in [-0.05, 0) is 19.4 Å². The van der Waals surface area contributed by atoms with Gasteiger partial charge in [0.1, 0.15) is 6.61 Å². The number of rotatable bonds is 10. The maximum absolute atomic E-state index is 12.9. The second-order valence-corrected chi connectivity index (χ2v) is 6.98. The summed E-state index contributed by atoms with van der Waals surface area (Å²) in [5.41, 5.74) is 0.440. The average Bonchev–Trinajstić information content (AvgIpc) is 2.76. The van der Waals surface area contributed by atoms with Crippen molar-refractivity contribution in [1.29, 1.82) is 0 Å². The Morgan fingerprint density at radius 2 is 1.70 bits per heavy atom. The van der Waals surface area contributed by atoms with E-state index in [4.69, 9.17) is 14.2 Å². The molecule has 0 aromatic heterocycles. The summed E-state index contributed by atoms with van der Waals surface area (Å²) in [4.78, 5) is 46.1. The molecule has 2 atom stereocenters. The number of aliphatic hydroxyl groups is 1. The Balaban J connectivity index is 2.54. The van der Waals surface area contributed by atoms with Crippen molar-refractivity contribution in [2.45, 2.75) is 26.0 Å². The van der Waals surface area contributed by atoms with Crippen molar-refractivity contribution in [3.05, 3.63) is 72.6 Å². The molecule has 2 N–H and O–H groups in total. The van der Waals surface area contributed by atoms with E-state index in [0.29, 0.717) is 5.70 Å². The van der Waals surface area contributed by atoms with E-state index in [-0.39, 0.29) is 41.3 Å². The molecule has 0 saturated carbocycles. The molecule has 0 bridgehead atoms. The van der Waals surface area contributed by atoms with Crippen molar-refractivity contribution >= 4 is 17.6 Å². The molecule has 33 heavy (non-hydrogen) atoms. The summed E-state index contributed by atoms with van der Waals surface area (Å²) in [7, 11) is 1.42. The van der Waals surface area contributed by atoms with Crippen LogP contribution in [0.15, 0.2) is 46.8 Å². The molecule has 0 amide bonds. The number of ether oxygens (including phenoxy) is 3. The summed E-state index contributed by atoms with van der Waals surface area (Å²) in [5, 5.41) is 34.2. The predicted octanol–water partition coefficient (Wildman–Crippen LogP) is 1.16. The molecule has 1 aliphatic heterocycles. The Morgan fingerprint density at radius 1 is 1.09 bits per heavy atom. The third kappa shape index (κ3) is 6.11. The van der Waals surface area contributed by atoms with Crippen LogP contribution < -0.4 is 5.32 Å². The van der Waals surface area contributed by atoms with Gasteiger partial charge in [-0.2, -0.15) is 0 Å². The summed E-state index contributed by atoms with van der Waals surface area (Å²) in [6.45, 7) is 2.20. The van der Waals surface area contributed by atoms with E-state index in [1.165, 1.54) is 38.3 Å². The predicted molar refractivity (Wildman–Crippen MR) is 111 cm³/mol. The van der Waals surface area contributed by atoms with Crippen LogP contribution in [0.25, 0.3) is 0 Å². The highest BCUT2D eigenvalue weighted by Gasteiger charge is 2.39. The lowest BCUT2D eigenvalue weighted by Gasteiger charge is -2.30. The maximum atomic E-state index is 12.9. The van der Waals surface area contributed by atoms with Crippen LogP contribution in [0.5, 0.6) is 0 Å². The van der Waals surface area contributed by atoms with Gasteiger partial charge in [0.15, 0.2) is 6.61 Å². The van der Waals surface area contributed by atoms with Gasteiger partial charge in [-0.25, -0.2) is 9.59 Å². The maximum Gasteiger partial charge on any atom is 0.347 e. The number of nitro benzene ring substituents is 1. The van der Waals surface area contributed by atoms with Gasteiger partial charge in [0.05, 0.1) is 33.5 Å². The molecule has 0 radical (unpaired) electrons. The summed E-state index contributed by atoms with van der Waals surface area (Å²) >= 11 is 0. The van der Waals surface area contributed by atoms with Gasteiger partial charge in [-0.15, -0.1) is 0 Å². The van der Waals surface area contributed by atoms with Crippen molar-refractivity contribution in [2.24, 2.45) is 0 Å². The number of esters is 2. The fraction of sp³-hybridized carbons (Fsp3) is 0.400. The van der Waals surface area contributed by atoms with Gasteiger partial charge >= 0.3 is 18.2 Å². The summed E-state index contributed by atoms with van der Waals surface area (Å²) in [6, 6.07) is 5.34. The number of benzene rings is 1. The standard InChI is InChI=1S/C20H23N3O10/c1-11-16(19(25)32-8-7-31-3)18(13-5-4-6-14(9-13)22(27)28)17(12(2)21-11)20(26)33-10-15(24)23(29)30/h4-6,9,15,18,21,24H,7-8,10H2,1-3H3. The van der Waals surface area contributed by atoms with Crippen molar-refractivity contribution in [2.75, 3.05) is 26.9 Å². The van der Waals surface area contributed by atoms with Gasteiger partial charge in [0, 0.05) is 30.6 Å². The highest BCUT2D eigenvalue weighted by molar-refractivity contribution is 6.00. The monoisotopic (exact) mass is 465 g/mol. The summed E-state index contributed by atoms with van der Waals surface area (Å²) in [5.74, 6) is -2.98. The first-order chi connectivity index (χ1) is 15.6. The molecule has 0 saturated heterocycles. The zero-order valence-corrected chi connectivity index (χ0v) is 18.1. The van der Waals surface area contributed by atoms with Crippen LogP contribution in [0.1, 0.15) is 25.3 Å². The Labute approximate surface area is 187 Å². The molecular weight excluding hydrogens is 442 g/mol. The second-order valence-electron chi connectivity index (χ2n) is 6.98. The minimum absolute atomic E-state index is 0.000948. The van der Waals surface area contributed by atoms with E-state index in [9.17, 15) is 34.9 Å². The normalized spacial score (nSPS) is 16.7. The van der Waals surface area contributed by atoms with Crippen molar-refractivity contribution in [3.8, 4) is 0 Å². The molecule has 1 aromatic rings. The largest absolute Gasteiger partial charge is 0.460 e. The molecule has 0 spiro atoms. The lowest BCUT2D eigenvalue weighted by atomic mass is 9.80. The number of nitrogens with zero attached hydrogens (tertiary/aromatic N) is 2. The van der Waals surface area contributed by atoms with Crippen molar-refractivity contribution in [3.63, 3.8) is 0 Å². The number of nitro groups is 2. The van der Waals surface area contributed by atoms with Gasteiger partial charge in [-0.3, -0.25) is 20.2 Å². The number of dihydropyridines is 1. The van der Waals surface area contributed by atoms with Crippen LogP contribution >= 0.6 is 0 Å². The lowest BCUT2D eigenvalue weighted by Crippen LogP contribution is -2.34. The highest BCUT2D eigenvalue weighted by atomic mass is 16.7. The molecule has 1 aromatic carbocycles. The third-order valence-corrected chi connectivity index (χ3v) is 4.74. The molecule has 13 nitrogen and oxygen atoms in total. The topological polar surface area (TPSA) is 180 Å². The van der Waals surface area contributed by atoms with Crippen molar-refractivity contribution < 1.29 is 38.8 Å². The van der Waals surface area contributed by atoms with Crippen LogP contribution in [0.3, 0.4) is 0 Å². The smallest absolute Gasteiger partial charge is 0.347 e. The zero-order valence-electron chi connectivity index (χ0n) is 18.1. The zero-order chi connectivity index (χ0) is 24.7. The van der Waals surface area contributed by atoms with Crippen LogP contribution in [0.2, 0.25) is 0 Å². The molecule has 0 fully saturated rings. The molecule has 178 valence electrons. The van der Waals surface area contributed by atoms with Gasteiger partial charge in [0.2, 0.25) is 0 Å². The fourth-order valence-electron chi connectivity index (χ4n) is 3.27. The number of allylic oxidation sites excluding steroid dienone is 2. The van der Waals surface area contributed by atoms with E-state index < -0.39 is 40.5 Å². The molecule has 1 heterocycles. The van der Waals surface area contributed by atoms with Gasteiger partial charge < -0.3 is 24.6 Å². The first kappa shape index (κ1) is 25.4. The van der Waals surface area contributed by atoms with E-state index in [1.54, 1.807) is 6.92 Å². The second kappa shape index (κ2) is 11.2. The number of methoxy groups -OCH3 is 1. The van der Waals surface area contributed by atoms with Crippen LogP contribution in [-0.4, -0.2) is 60.1 Å². The minimum atomic E-state index is -2.14. The molecule has 2 unspecified atom stereocenters. The number of aliphatic hydroxyl groups excluding tert-OH is 1. The average molecular weight is 465 g/mol. The Bertz CT molecular complexity index is 1020. The van der Waals surface area contributed by atoms with Crippen LogP contribution in [-0.2, 0) is 23.8 Å². The van der Waals surface area contributed by atoms with Gasteiger partial charge in [-0.1, -0.05) is 12.1 Å². The number of hydrogen-bond acceptors (Lipinski definition) is 11. The number of hydrogen-bond donors (Lipinski definition) is 2. The Morgan fingerprint density at radius 3 is 2.24 bits per heavy atom. The first-order valence-corrected chi connectivity index (χ1v) is 9.66. The summed E-state index contributed by atoms with van der Waals surface area (Å²) in [6.07, 6.45) is -2.14. The molecule has 2 rings (SSSR count). The molecular formula is C20H23N3O10. The Hall–Kier alpha value is -3.84. The number of nitrogens with one attached hydrogen (secondary N) is 1. The molecule has 1 aliphatic rings. The Kier molecular flexibility index (Phi) is 8.59. The van der Waals surface area contributed by atoms with E-state index in [0.717, 1.165) is 0 Å². The highest BCUT2D eigenvalue weighted by Crippen LogP contribution is 2.40. The van der Waals surface area contributed by atoms with E-state index in [1.807, 2.05) is 0 Å². The number of carbonyl (C=O) groups is 2.